The minimum atomic E-state index is 0.710. The van der Waals surface area contributed by atoms with Gasteiger partial charge in [0.2, 0.25) is 0 Å². The molecule has 0 saturated carbocycles. The van der Waals surface area contributed by atoms with E-state index in [2.05, 4.69) is 6.92 Å². The van der Waals surface area contributed by atoms with Gasteiger partial charge >= 0.3 is 0 Å². The molecule has 11 heavy (non-hydrogen) atoms. The van der Waals surface area contributed by atoms with Gasteiger partial charge in [-0.3, -0.25) is 0 Å². The van der Waals surface area contributed by atoms with Gasteiger partial charge in [0.05, 0.1) is 0 Å². The first-order chi connectivity index (χ1) is 5.31. The van der Waals surface area contributed by atoms with E-state index in [-0.39, 0.29) is 0 Å². The normalized spacial score (nSPS) is 13.4. The second kappa shape index (κ2) is 9.37. The van der Waals surface area contributed by atoms with Crippen LogP contribution < -0.4 is 0 Å². The minimum Gasteiger partial charge on any atom is -0.160 e. The highest BCUT2D eigenvalue weighted by Gasteiger charge is 2.00. The Bertz CT molecular complexity index is 80.8. The van der Waals surface area contributed by atoms with E-state index in [1.165, 1.54) is 5.75 Å². The van der Waals surface area contributed by atoms with E-state index in [4.69, 9.17) is 23.2 Å². The fourth-order valence-electron chi connectivity index (χ4n) is 0.598. The maximum absolute atomic E-state index is 5.56. The third kappa shape index (κ3) is 9.19. The van der Waals surface area contributed by atoms with Gasteiger partial charge in [0.25, 0.3) is 0 Å². The topological polar surface area (TPSA) is 0 Å². The van der Waals surface area contributed by atoms with Crippen molar-refractivity contribution in [1.82, 2.24) is 0 Å². The number of halogens is 2. The lowest BCUT2D eigenvalue weighted by atomic mass is 10.6. The second-order valence-electron chi connectivity index (χ2n) is 2.13. The van der Waals surface area contributed by atoms with Crippen molar-refractivity contribution in [3.8, 4) is 0 Å². The van der Waals surface area contributed by atoms with Crippen LogP contribution in [-0.4, -0.2) is 34.3 Å². The summed E-state index contributed by atoms with van der Waals surface area (Å²) >= 11 is 14.9. The lowest BCUT2D eigenvalue weighted by Gasteiger charge is -2.08. The molecule has 0 bridgehead atoms. The molecule has 0 aromatic rings. The highest BCUT2D eigenvalue weighted by atomic mass is 35.5. The van der Waals surface area contributed by atoms with Crippen LogP contribution in [0.25, 0.3) is 0 Å². The van der Waals surface area contributed by atoms with Gasteiger partial charge in [0.1, 0.15) is 0 Å². The average molecular weight is 233 g/mol. The third-order valence-electron chi connectivity index (χ3n) is 1.05. The maximum Gasteiger partial charge on any atom is 0.0314 e. The Balaban J connectivity index is 3.02. The highest BCUT2D eigenvalue weighted by molar-refractivity contribution is 8.03. The summed E-state index contributed by atoms with van der Waals surface area (Å²) in [4.78, 5) is 0. The molecule has 0 radical (unpaired) electrons. The highest BCUT2D eigenvalue weighted by Crippen LogP contribution is 2.16. The molecule has 0 aromatic heterocycles. The van der Waals surface area contributed by atoms with Crippen molar-refractivity contribution < 1.29 is 0 Å². The van der Waals surface area contributed by atoms with E-state index in [9.17, 15) is 0 Å². The summed E-state index contributed by atoms with van der Waals surface area (Å²) in [6.45, 7) is 2.23. The lowest BCUT2D eigenvalue weighted by molar-refractivity contribution is 1.13. The zero-order valence-corrected chi connectivity index (χ0v) is 9.83. The van der Waals surface area contributed by atoms with Crippen molar-refractivity contribution in [2.24, 2.45) is 0 Å². The van der Waals surface area contributed by atoms with Crippen molar-refractivity contribution in [1.29, 1.82) is 0 Å². The largest absolute Gasteiger partial charge is 0.160 e. The van der Waals surface area contributed by atoms with Crippen LogP contribution in [0.4, 0.5) is 0 Å². The first kappa shape index (κ1) is 12.3. The smallest absolute Gasteiger partial charge is 0.0314 e. The number of thioether (sulfide) groups is 2. The van der Waals surface area contributed by atoms with Gasteiger partial charge in [-0.1, -0.05) is 6.92 Å². The van der Waals surface area contributed by atoms with E-state index >= 15 is 0 Å². The molecule has 0 aliphatic carbocycles. The zero-order valence-electron chi connectivity index (χ0n) is 6.69. The summed E-state index contributed by atoms with van der Waals surface area (Å²) in [6.07, 6.45) is 0. The van der Waals surface area contributed by atoms with E-state index in [0.29, 0.717) is 5.25 Å². The first-order valence-electron chi connectivity index (χ1n) is 3.62. The molecule has 4 heteroatoms. The predicted molar refractivity (Wildman–Crippen MR) is 60.7 cm³/mol. The molecular formula is C7H14Cl2S2. The van der Waals surface area contributed by atoms with E-state index in [1.807, 2.05) is 23.5 Å². The Labute approximate surface area is 87.8 Å². The van der Waals surface area contributed by atoms with E-state index in [0.717, 1.165) is 23.3 Å². The Morgan fingerprint density at radius 3 is 2.36 bits per heavy atom. The van der Waals surface area contributed by atoms with Crippen LogP contribution in [0.5, 0.6) is 0 Å². The van der Waals surface area contributed by atoms with Gasteiger partial charge in [0.15, 0.2) is 0 Å². The molecular weight excluding hydrogens is 219 g/mol. The Morgan fingerprint density at radius 1 is 1.18 bits per heavy atom. The van der Waals surface area contributed by atoms with Gasteiger partial charge in [-0.25, -0.2) is 0 Å². The Morgan fingerprint density at radius 2 is 1.82 bits per heavy atom. The molecule has 0 N–H and O–H groups in total. The van der Waals surface area contributed by atoms with Crippen LogP contribution in [0.1, 0.15) is 6.92 Å². The van der Waals surface area contributed by atoms with Gasteiger partial charge in [-0.15, -0.1) is 23.2 Å². The van der Waals surface area contributed by atoms with E-state index < -0.39 is 0 Å². The molecule has 0 heterocycles. The van der Waals surface area contributed by atoms with E-state index in [1.54, 1.807) is 0 Å². The molecule has 0 saturated heterocycles. The molecule has 0 aliphatic heterocycles. The molecule has 0 fully saturated rings. The second-order valence-corrected chi connectivity index (χ2v) is 5.59. The van der Waals surface area contributed by atoms with Gasteiger partial charge in [-0.2, -0.15) is 23.5 Å². The molecule has 1 atom stereocenters. The molecule has 0 nitrogen and oxygen atoms in total. The SMILES string of the molecule is CC(CSCCCl)SCCCl. The van der Waals surface area contributed by atoms with Crippen molar-refractivity contribution in [2.45, 2.75) is 12.2 Å². The van der Waals surface area contributed by atoms with Crippen LogP contribution in [0.2, 0.25) is 0 Å². The van der Waals surface area contributed by atoms with Gasteiger partial charge < -0.3 is 0 Å². The summed E-state index contributed by atoms with van der Waals surface area (Å²) in [5, 5.41) is 0.710. The zero-order chi connectivity index (χ0) is 8.53. The standard InChI is InChI=1S/C7H14Cl2S2/c1-7(11-5-3-9)6-10-4-2-8/h7H,2-6H2,1H3. The first-order valence-corrected chi connectivity index (χ1v) is 6.89. The molecule has 0 rings (SSSR count). The van der Waals surface area contributed by atoms with Crippen LogP contribution in [0.15, 0.2) is 0 Å². The Kier molecular flexibility index (Phi) is 10.5. The number of alkyl halides is 2. The van der Waals surface area contributed by atoms with Crippen molar-refractivity contribution in [3.63, 3.8) is 0 Å². The third-order valence-corrected chi connectivity index (χ3v) is 4.49. The summed E-state index contributed by atoms with van der Waals surface area (Å²) in [7, 11) is 0. The van der Waals surface area contributed by atoms with Crippen LogP contribution >= 0.6 is 46.7 Å². The lowest BCUT2D eigenvalue weighted by Crippen LogP contribution is -2.02. The van der Waals surface area contributed by atoms with Crippen LogP contribution in [0.3, 0.4) is 0 Å². The molecule has 1 unspecified atom stereocenters. The molecule has 0 spiro atoms. The monoisotopic (exact) mass is 232 g/mol. The van der Waals surface area contributed by atoms with Crippen molar-refractivity contribution in [2.75, 3.05) is 29.0 Å². The molecule has 0 aliphatic rings. The molecule has 0 amide bonds. The van der Waals surface area contributed by atoms with Crippen LogP contribution in [-0.2, 0) is 0 Å². The summed E-state index contributed by atoms with van der Waals surface area (Å²) in [6, 6.07) is 0. The average Bonchev–Trinajstić information content (AvgIpc) is 2.01. The summed E-state index contributed by atoms with van der Waals surface area (Å²) in [5.41, 5.74) is 0. The number of hydrogen-bond donors (Lipinski definition) is 0. The minimum absolute atomic E-state index is 0.710. The molecule has 68 valence electrons. The number of rotatable bonds is 7. The predicted octanol–water partition coefficient (Wildman–Crippen LogP) is 3.32. The Hall–Kier alpha value is 1.28. The van der Waals surface area contributed by atoms with Crippen LogP contribution in [0, 0.1) is 0 Å². The summed E-state index contributed by atoms with van der Waals surface area (Å²) in [5.74, 6) is 4.83. The fraction of sp³-hybridized carbons (Fsp3) is 1.00. The van der Waals surface area contributed by atoms with Crippen molar-refractivity contribution in [3.05, 3.63) is 0 Å². The fourth-order valence-corrected chi connectivity index (χ4v) is 2.97. The maximum atomic E-state index is 5.56. The van der Waals surface area contributed by atoms with Gasteiger partial charge in [0, 0.05) is 34.3 Å². The summed E-state index contributed by atoms with van der Waals surface area (Å²) < 4.78 is 0. The molecule has 0 aromatic carbocycles. The van der Waals surface area contributed by atoms with Crippen molar-refractivity contribution >= 4 is 46.7 Å². The number of hydrogen-bond acceptors (Lipinski definition) is 2. The van der Waals surface area contributed by atoms with Gasteiger partial charge in [-0.05, 0) is 0 Å². The quantitative estimate of drug-likeness (QED) is 0.488.